The van der Waals surface area contributed by atoms with Gasteiger partial charge in [0.05, 0.1) is 19.4 Å². The van der Waals surface area contributed by atoms with Crippen LogP contribution in [0.1, 0.15) is 12.7 Å². The molecule has 0 aliphatic heterocycles. The van der Waals surface area contributed by atoms with E-state index in [9.17, 15) is 4.79 Å². The quantitative estimate of drug-likeness (QED) is 0.752. The minimum atomic E-state index is -0.406. The number of nitrogens with zero attached hydrogens (tertiary/aromatic N) is 3. The molecule has 3 aromatic rings. The van der Waals surface area contributed by atoms with Crippen LogP contribution in [0.15, 0.2) is 41.0 Å². The highest BCUT2D eigenvalue weighted by Gasteiger charge is 2.12. The van der Waals surface area contributed by atoms with E-state index in [-0.39, 0.29) is 12.5 Å². The lowest BCUT2D eigenvalue weighted by Gasteiger charge is -2.09. The summed E-state index contributed by atoms with van der Waals surface area (Å²) in [7, 11) is 0. The van der Waals surface area contributed by atoms with E-state index < -0.39 is 6.03 Å². The second-order valence-corrected chi connectivity index (χ2v) is 4.40. The van der Waals surface area contributed by atoms with Gasteiger partial charge in [-0.05, 0) is 31.2 Å². The number of rotatable bonds is 5. The first kappa shape index (κ1) is 13.9. The number of nitrogens with one attached hydrogen (secondary N) is 2. The number of anilines is 1. The van der Waals surface area contributed by atoms with E-state index in [1.807, 2.05) is 13.0 Å². The van der Waals surface area contributed by atoms with Crippen molar-refractivity contribution < 1.29 is 13.9 Å². The van der Waals surface area contributed by atoms with Crippen LogP contribution in [0.25, 0.3) is 5.65 Å². The molecule has 0 fully saturated rings. The Kier molecular flexibility index (Phi) is 3.90. The number of furan rings is 1. The Labute approximate surface area is 126 Å². The Balaban J connectivity index is 1.74. The van der Waals surface area contributed by atoms with Gasteiger partial charge in [-0.25, -0.2) is 9.20 Å². The molecule has 0 aliphatic carbocycles. The van der Waals surface area contributed by atoms with Crippen LogP contribution < -0.4 is 15.4 Å². The molecule has 3 heterocycles. The van der Waals surface area contributed by atoms with Crippen molar-refractivity contribution in [3.05, 3.63) is 42.4 Å². The van der Waals surface area contributed by atoms with Crippen molar-refractivity contribution in [1.82, 2.24) is 19.9 Å². The van der Waals surface area contributed by atoms with Gasteiger partial charge in [0.2, 0.25) is 11.8 Å². The van der Waals surface area contributed by atoms with E-state index in [1.54, 1.807) is 34.9 Å². The van der Waals surface area contributed by atoms with E-state index in [1.165, 1.54) is 0 Å². The number of carbonyl (C=O) groups excluding carboxylic acids is 1. The molecule has 0 unspecified atom stereocenters. The van der Waals surface area contributed by atoms with Crippen molar-refractivity contribution in [2.45, 2.75) is 13.5 Å². The summed E-state index contributed by atoms with van der Waals surface area (Å²) in [5.41, 5.74) is 0.590. The van der Waals surface area contributed by atoms with E-state index in [0.717, 1.165) is 0 Å². The number of aromatic nitrogens is 3. The molecule has 3 rings (SSSR count). The molecule has 0 radical (unpaired) electrons. The summed E-state index contributed by atoms with van der Waals surface area (Å²) in [6.07, 6.45) is 1.55. The molecule has 0 spiro atoms. The summed E-state index contributed by atoms with van der Waals surface area (Å²) >= 11 is 0. The number of hydrogen-bond acceptors (Lipinski definition) is 5. The van der Waals surface area contributed by atoms with E-state index in [4.69, 9.17) is 9.15 Å². The highest BCUT2D eigenvalue weighted by atomic mass is 16.5. The Hall–Kier alpha value is -3.03. The van der Waals surface area contributed by atoms with E-state index in [0.29, 0.717) is 23.9 Å². The van der Waals surface area contributed by atoms with Crippen LogP contribution in [0.4, 0.5) is 10.7 Å². The average Bonchev–Trinajstić information content (AvgIpc) is 3.16. The van der Waals surface area contributed by atoms with Crippen molar-refractivity contribution >= 4 is 17.6 Å². The molecule has 0 aromatic carbocycles. The second kappa shape index (κ2) is 6.17. The number of carbonyl (C=O) groups is 1. The minimum absolute atomic E-state index is 0.286. The number of urea groups is 1. The van der Waals surface area contributed by atoms with Crippen molar-refractivity contribution in [3.8, 4) is 5.88 Å². The minimum Gasteiger partial charge on any atom is -0.479 e. The maximum atomic E-state index is 11.9. The first-order valence-corrected chi connectivity index (χ1v) is 6.82. The summed E-state index contributed by atoms with van der Waals surface area (Å²) in [6.45, 7) is 2.67. The summed E-state index contributed by atoms with van der Waals surface area (Å²) < 4.78 is 12.3. The summed E-state index contributed by atoms with van der Waals surface area (Å²) in [4.78, 5) is 11.9. The molecule has 22 heavy (non-hydrogen) atoms. The fourth-order valence-electron chi connectivity index (χ4n) is 1.98. The molecule has 2 amide bonds. The molecule has 0 saturated carbocycles. The Bertz CT molecular complexity index is 766. The SMILES string of the molecule is CCOc1cccc2nnc(NC(=O)NCc3ccco3)n12. The van der Waals surface area contributed by atoms with Gasteiger partial charge in [0, 0.05) is 0 Å². The molecule has 8 heteroatoms. The summed E-state index contributed by atoms with van der Waals surface area (Å²) in [6, 6.07) is 8.51. The number of ether oxygens (including phenoxy) is 1. The monoisotopic (exact) mass is 301 g/mol. The van der Waals surface area contributed by atoms with Gasteiger partial charge in [0.1, 0.15) is 5.76 Å². The third-order valence-electron chi connectivity index (χ3n) is 2.91. The second-order valence-electron chi connectivity index (χ2n) is 4.40. The average molecular weight is 301 g/mol. The van der Waals surface area contributed by atoms with E-state index in [2.05, 4.69) is 20.8 Å². The van der Waals surface area contributed by atoms with Gasteiger partial charge in [-0.15, -0.1) is 10.2 Å². The summed E-state index contributed by atoms with van der Waals surface area (Å²) in [5.74, 6) is 1.51. The van der Waals surface area contributed by atoms with Gasteiger partial charge in [-0.3, -0.25) is 5.32 Å². The lowest BCUT2D eigenvalue weighted by atomic mass is 10.4. The van der Waals surface area contributed by atoms with Crippen LogP contribution in [0.5, 0.6) is 5.88 Å². The zero-order valence-corrected chi connectivity index (χ0v) is 11.9. The third-order valence-corrected chi connectivity index (χ3v) is 2.91. The van der Waals surface area contributed by atoms with Gasteiger partial charge >= 0.3 is 6.03 Å². The molecular weight excluding hydrogens is 286 g/mol. The van der Waals surface area contributed by atoms with Crippen LogP contribution >= 0.6 is 0 Å². The number of fused-ring (bicyclic) bond motifs is 1. The third kappa shape index (κ3) is 2.85. The van der Waals surface area contributed by atoms with Crippen molar-refractivity contribution in [3.63, 3.8) is 0 Å². The van der Waals surface area contributed by atoms with Gasteiger partial charge in [-0.1, -0.05) is 6.07 Å². The van der Waals surface area contributed by atoms with E-state index >= 15 is 0 Å². The Morgan fingerprint density at radius 3 is 3.00 bits per heavy atom. The van der Waals surface area contributed by atoms with Crippen LogP contribution in [0, 0.1) is 0 Å². The van der Waals surface area contributed by atoms with Crippen molar-refractivity contribution in [2.24, 2.45) is 0 Å². The number of hydrogen-bond donors (Lipinski definition) is 2. The number of pyridine rings is 1. The predicted octanol–water partition coefficient (Wildman–Crippen LogP) is 2.04. The zero-order chi connectivity index (χ0) is 15.4. The topological polar surface area (TPSA) is 93.7 Å². The molecular formula is C14H15N5O3. The van der Waals surface area contributed by atoms with Crippen molar-refractivity contribution in [1.29, 1.82) is 0 Å². The molecule has 0 atom stereocenters. The van der Waals surface area contributed by atoms with Crippen LogP contribution in [-0.2, 0) is 6.54 Å². The Morgan fingerprint density at radius 1 is 1.32 bits per heavy atom. The molecule has 3 aromatic heterocycles. The zero-order valence-electron chi connectivity index (χ0n) is 11.9. The predicted molar refractivity (Wildman–Crippen MR) is 78.7 cm³/mol. The normalized spacial score (nSPS) is 10.6. The van der Waals surface area contributed by atoms with Gasteiger partial charge in [0.25, 0.3) is 0 Å². The van der Waals surface area contributed by atoms with Crippen molar-refractivity contribution in [2.75, 3.05) is 11.9 Å². The standard InChI is InChI=1S/C14H15N5O3/c1-2-21-12-7-3-6-11-17-18-13(19(11)12)16-14(20)15-9-10-5-4-8-22-10/h3-8H,2,9H2,1H3,(H2,15,16,18,20). The van der Waals surface area contributed by atoms with Gasteiger partial charge < -0.3 is 14.5 Å². The first-order chi connectivity index (χ1) is 10.8. The highest BCUT2D eigenvalue weighted by Crippen LogP contribution is 2.18. The fraction of sp³-hybridized carbons (Fsp3) is 0.214. The van der Waals surface area contributed by atoms with Crippen LogP contribution in [0.2, 0.25) is 0 Å². The van der Waals surface area contributed by atoms with Crippen LogP contribution in [0.3, 0.4) is 0 Å². The van der Waals surface area contributed by atoms with Gasteiger partial charge in [-0.2, -0.15) is 0 Å². The summed E-state index contributed by atoms with van der Waals surface area (Å²) in [5, 5.41) is 13.3. The smallest absolute Gasteiger partial charge is 0.322 e. The lowest BCUT2D eigenvalue weighted by Crippen LogP contribution is -2.29. The molecule has 0 bridgehead atoms. The first-order valence-electron chi connectivity index (χ1n) is 6.82. The molecule has 0 aliphatic rings. The molecule has 114 valence electrons. The number of amides is 2. The largest absolute Gasteiger partial charge is 0.479 e. The molecule has 8 nitrogen and oxygen atoms in total. The molecule has 2 N–H and O–H groups in total. The maximum absolute atomic E-state index is 11.9. The Morgan fingerprint density at radius 2 is 2.23 bits per heavy atom. The highest BCUT2D eigenvalue weighted by molar-refractivity contribution is 5.87. The van der Waals surface area contributed by atoms with Crippen LogP contribution in [-0.4, -0.2) is 27.2 Å². The maximum Gasteiger partial charge on any atom is 0.322 e. The lowest BCUT2D eigenvalue weighted by molar-refractivity contribution is 0.250. The molecule has 0 saturated heterocycles. The fourth-order valence-corrected chi connectivity index (χ4v) is 1.98. The van der Waals surface area contributed by atoms with Gasteiger partial charge in [0.15, 0.2) is 5.65 Å².